The molecule has 10 heteroatoms. The highest BCUT2D eigenvalue weighted by Gasteiger charge is 2.19. The number of thioether (sulfide) groups is 1. The van der Waals surface area contributed by atoms with Crippen LogP contribution in [0, 0.1) is 17.0 Å². The van der Waals surface area contributed by atoms with Crippen molar-refractivity contribution in [3.05, 3.63) is 92.8 Å². The molecule has 0 radical (unpaired) electrons. The smallest absolute Gasteiger partial charge is 0.296 e. The molecule has 4 aromatic rings. The third-order valence-electron chi connectivity index (χ3n) is 5.12. The highest BCUT2D eigenvalue weighted by atomic mass is 32.2. The molecule has 1 amide bonds. The van der Waals surface area contributed by atoms with Gasteiger partial charge in [-0.1, -0.05) is 41.6 Å². The molecule has 0 aliphatic carbocycles. The molecular formula is C25H22N4O5S. The zero-order valence-electron chi connectivity index (χ0n) is 19.1. The molecule has 178 valence electrons. The van der Waals surface area contributed by atoms with Gasteiger partial charge in [0.25, 0.3) is 11.2 Å². The van der Waals surface area contributed by atoms with Crippen molar-refractivity contribution < 1.29 is 14.5 Å². The number of carbonyl (C=O) groups is 1. The Morgan fingerprint density at radius 2 is 1.89 bits per heavy atom. The van der Waals surface area contributed by atoms with E-state index in [1.54, 1.807) is 37.3 Å². The van der Waals surface area contributed by atoms with Crippen molar-refractivity contribution in [3.63, 3.8) is 0 Å². The number of nitro groups is 1. The standard InChI is InChI=1S/C25H22N4O5S/c1-3-34-18-12-13-21(22(14-18)29(32)33)26-23(30)15-35-25-27-20-7-5-4-6-19(20)24(31)28(25)17-10-8-16(2)9-11-17/h4-14H,3,15H2,1-2H3,(H,26,30). The maximum atomic E-state index is 13.3. The highest BCUT2D eigenvalue weighted by molar-refractivity contribution is 7.99. The summed E-state index contributed by atoms with van der Waals surface area (Å²) in [5.41, 5.74) is 1.74. The minimum absolute atomic E-state index is 0.0615. The molecule has 35 heavy (non-hydrogen) atoms. The number of amides is 1. The third kappa shape index (κ3) is 5.33. The summed E-state index contributed by atoms with van der Waals surface area (Å²) in [6, 6.07) is 18.7. The molecule has 0 saturated carbocycles. The molecule has 4 rings (SSSR count). The minimum atomic E-state index is -0.578. The van der Waals surface area contributed by atoms with Gasteiger partial charge in [-0.3, -0.25) is 24.3 Å². The summed E-state index contributed by atoms with van der Waals surface area (Å²) >= 11 is 1.07. The number of aromatic nitrogens is 2. The number of para-hydroxylation sites is 1. The lowest BCUT2D eigenvalue weighted by Crippen LogP contribution is -2.23. The predicted molar refractivity (Wildman–Crippen MR) is 136 cm³/mol. The summed E-state index contributed by atoms with van der Waals surface area (Å²) in [6.45, 7) is 4.09. The average molecular weight is 491 g/mol. The normalized spacial score (nSPS) is 10.8. The molecule has 0 aliphatic rings. The van der Waals surface area contributed by atoms with E-state index in [9.17, 15) is 19.7 Å². The van der Waals surface area contributed by atoms with E-state index in [1.165, 1.54) is 16.7 Å². The SMILES string of the molecule is CCOc1ccc(NC(=O)CSc2nc3ccccc3c(=O)n2-c2ccc(C)cc2)c([N+](=O)[O-])c1. The Bertz CT molecular complexity index is 1470. The second kappa shape index (κ2) is 10.4. The second-order valence-electron chi connectivity index (χ2n) is 7.59. The first-order chi connectivity index (χ1) is 16.9. The van der Waals surface area contributed by atoms with Crippen LogP contribution in [-0.4, -0.2) is 32.7 Å². The van der Waals surface area contributed by atoms with Gasteiger partial charge in [-0.05, 0) is 50.2 Å². The van der Waals surface area contributed by atoms with E-state index in [0.29, 0.717) is 34.1 Å². The molecule has 0 aliphatic heterocycles. The van der Waals surface area contributed by atoms with Crippen molar-refractivity contribution in [1.29, 1.82) is 0 Å². The van der Waals surface area contributed by atoms with Gasteiger partial charge in [-0.25, -0.2) is 4.98 Å². The molecule has 1 aromatic heterocycles. The first-order valence-corrected chi connectivity index (χ1v) is 11.8. The minimum Gasteiger partial charge on any atom is -0.494 e. The third-order valence-corrected chi connectivity index (χ3v) is 6.06. The summed E-state index contributed by atoms with van der Waals surface area (Å²) < 4.78 is 6.78. The number of nitro benzene ring substituents is 1. The van der Waals surface area contributed by atoms with Crippen molar-refractivity contribution in [2.24, 2.45) is 0 Å². The zero-order valence-corrected chi connectivity index (χ0v) is 19.9. The van der Waals surface area contributed by atoms with Crippen molar-refractivity contribution in [2.45, 2.75) is 19.0 Å². The van der Waals surface area contributed by atoms with Gasteiger partial charge in [-0.15, -0.1) is 0 Å². The number of fused-ring (bicyclic) bond motifs is 1. The lowest BCUT2D eigenvalue weighted by atomic mass is 10.2. The van der Waals surface area contributed by atoms with Gasteiger partial charge < -0.3 is 10.1 Å². The molecule has 0 saturated heterocycles. The Balaban J connectivity index is 1.62. The van der Waals surface area contributed by atoms with E-state index in [1.807, 2.05) is 31.2 Å². The van der Waals surface area contributed by atoms with Crippen molar-refractivity contribution in [2.75, 3.05) is 17.7 Å². The van der Waals surface area contributed by atoms with Crippen LogP contribution in [-0.2, 0) is 4.79 Å². The zero-order chi connectivity index (χ0) is 24.9. The van der Waals surface area contributed by atoms with Crippen LogP contribution < -0.4 is 15.6 Å². The summed E-state index contributed by atoms with van der Waals surface area (Å²) in [5.74, 6) is -0.241. The molecule has 0 bridgehead atoms. The Morgan fingerprint density at radius 1 is 1.14 bits per heavy atom. The largest absolute Gasteiger partial charge is 0.494 e. The van der Waals surface area contributed by atoms with Crippen LogP contribution in [0.3, 0.4) is 0 Å². The molecule has 9 nitrogen and oxygen atoms in total. The summed E-state index contributed by atoms with van der Waals surface area (Å²) in [6.07, 6.45) is 0. The fraction of sp³-hybridized carbons (Fsp3) is 0.160. The topological polar surface area (TPSA) is 116 Å². The number of anilines is 1. The number of rotatable bonds is 8. The van der Waals surface area contributed by atoms with E-state index in [4.69, 9.17) is 4.74 Å². The number of nitrogens with zero attached hydrogens (tertiary/aromatic N) is 3. The van der Waals surface area contributed by atoms with Crippen molar-refractivity contribution >= 4 is 39.9 Å². The number of nitrogens with one attached hydrogen (secondary N) is 1. The Kier molecular flexibility index (Phi) is 7.11. The average Bonchev–Trinajstić information content (AvgIpc) is 2.84. The number of benzene rings is 3. The fourth-order valence-electron chi connectivity index (χ4n) is 3.47. The van der Waals surface area contributed by atoms with E-state index in [-0.39, 0.29) is 22.7 Å². The van der Waals surface area contributed by atoms with Gasteiger partial charge in [0.15, 0.2) is 5.16 Å². The molecular weight excluding hydrogens is 468 g/mol. The van der Waals surface area contributed by atoms with E-state index in [0.717, 1.165) is 17.3 Å². The van der Waals surface area contributed by atoms with Crippen molar-refractivity contribution in [1.82, 2.24) is 9.55 Å². The van der Waals surface area contributed by atoms with Crippen LogP contribution >= 0.6 is 11.8 Å². The maximum Gasteiger partial charge on any atom is 0.296 e. The number of ether oxygens (including phenoxy) is 1. The van der Waals surface area contributed by atoms with Crippen LogP contribution in [0.25, 0.3) is 16.6 Å². The molecule has 0 unspecified atom stereocenters. The maximum absolute atomic E-state index is 13.3. The predicted octanol–water partition coefficient (Wildman–Crippen LogP) is 4.73. The fourth-order valence-corrected chi connectivity index (χ4v) is 4.28. The number of hydrogen-bond acceptors (Lipinski definition) is 7. The van der Waals surface area contributed by atoms with Gasteiger partial charge in [0.2, 0.25) is 5.91 Å². The van der Waals surface area contributed by atoms with E-state index < -0.39 is 10.8 Å². The van der Waals surface area contributed by atoms with Crippen LogP contribution in [0.15, 0.2) is 76.7 Å². The Hall–Kier alpha value is -4.18. The lowest BCUT2D eigenvalue weighted by molar-refractivity contribution is -0.384. The molecule has 0 fully saturated rings. The van der Waals surface area contributed by atoms with Crippen LogP contribution in [0.5, 0.6) is 5.75 Å². The monoisotopic (exact) mass is 490 g/mol. The molecule has 0 atom stereocenters. The Morgan fingerprint density at radius 3 is 2.60 bits per heavy atom. The molecule has 0 spiro atoms. The lowest BCUT2D eigenvalue weighted by Gasteiger charge is -2.13. The molecule has 1 N–H and O–H groups in total. The summed E-state index contributed by atoms with van der Waals surface area (Å²) in [4.78, 5) is 41.5. The van der Waals surface area contributed by atoms with Gasteiger partial charge in [0.05, 0.1) is 39.9 Å². The first-order valence-electron chi connectivity index (χ1n) is 10.8. The molecule has 1 heterocycles. The van der Waals surface area contributed by atoms with Crippen LogP contribution in [0.2, 0.25) is 0 Å². The quantitative estimate of drug-likeness (QED) is 0.164. The van der Waals surface area contributed by atoms with Gasteiger partial charge >= 0.3 is 0 Å². The van der Waals surface area contributed by atoms with Gasteiger partial charge in [0, 0.05) is 0 Å². The van der Waals surface area contributed by atoms with Gasteiger partial charge in [-0.2, -0.15) is 0 Å². The van der Waals surface area contributed by atoms with Crippen LogP contribution in [0.1, 0.15) is 12.5 Å². The van der Waals surface area contributed by atoms with Crippen LogP contribution in [0.4, 0.5) is 11.4 Å². The molecule has 3 aromatic carbocycles. The number of aryl methyl sites for hydroxylation is 1. The highest BCUT2D eigenvalue weighted by Crippen LogP contribution is 2.30. The first kappa shape index (κ1) is 24.0. The number of hydrogen-bond donors (Lipinski definition) is 1. The van der Waals surface area contributed by atoms with E-state index in [2.05, 4.69) is 10.3 Å². The Labute approximate surface area is 204 Å². The second-order valence-corrected chi connectivity index (χ2v) is 8.54. The summed E-state index contributed by atoms with van der Waals surface area (Å²) in [5, 5.41) is 14.9. The van der Waals surface area contributed by atoms with E-state index >= 15 is 0 Å². The summed E-state index contributed by atoms with van der Waals surface area (Å²) in [7, 11) is 0. The van der Waals surface area contributed by atoms with Gasteiger partial charge in [0.1, 0.15) is 11.4 Å². The number of carbonyl (C=O) groups excluding carboxylic acids is 1. The van der Waals surface area contributed by atoms with Crippen molar-refractivity contribution in [3.8, 4) is 11.4 Å².